The fourth-order valence-corrected chi connectivity index (χ4v) is 4.10. The van der Waals surface area contributed by atoms with Crippen molar-refractivity contribution in [1.29, 1.82) is 0 Å². The average Bonchev–Trinajstić information content (AvgIpc) is 3.49. The van der Waals surface area contributed by atoms with Crippen LogP contribution in [0.5, 0.6) is 0 Å². The van der Waals surface area contributed by atoms with Crippen molar-refractivity contribution in [3.63, 3.8) is 0 Å². The van der Waals surface area contributed by atoms with E-state index in [-0.39, 0.29) is 35.0 Å². The Morgan fingerprint density at radius 1 is 1.00 bits per heavy atom. The number of rotatable bonds is 5. The first-order valence-electron chi connectivity index (χ1n) is 11.5. The number of imidazole rings is 1. The second-order valence-corrected chi connectivity index (χ2v) is 8.78. The SMILES string of the molecule is Cc1ncc(-c2cc(C(F)(F)F)c3c(N)ncnn23)cc1C(=O)Nc1cn(Cc2ccc(C(F)(F)F)cc2)cn1. The van der Waals surface area contributed by atoms with Gasteiger partial charge in [0.25, 0.3) is 5.91 Å². The Morgan fingerprint density at radius 2 is 1.73 bits per heavy atom. The highest BCUT2D eigenvalue weighted by molar-refractivity contribution is 6.05. The van der Waals surface area contributed by atoms with Crippen LogP contribution in [0.1, 0.15) is 32.7 Å². The topological polar surface area (TPSA) is 116 Å². The Morgan fingerprint density at radius 3 is 2.40 bits per heavy atom. The van der Waals surface area contributed by atoms with Crippen molar-refractivity contribution >= 4 is 23.1 Å². The second-order valence-electron chi connectivity index (χ2n) is 8.78. The van der Waals surface area contributed by atoms with Crippen LogP contribution in [0.15, 0.2) is 61.4 Å². The number of nitrogen functional groups attached to an aromatic ring is 1. The van der Waals surface area contributed by atoms with E-state index in [1.807, 2.05) is 0 Å². The molecule has 4 heterocycles. The van der Waals surface area contributed by atoms with Gasteiger partial charge in [0.2, 0.25) is 0 Å². The van der Waals surface area contributed by atoms with Gasteiger partial charge in [-0.15, -0.1) is 0 Å². The Bertz CT molecular complexity index is 1720. The summed E-state index contributed by atoms with van der Waals surface area (Å²) in [5.41, 5.74) is 4.61. The molecule has 40 heavy (non-hydrogen) atoms. The summed E-state index contributed by atoms with van der Waals surface area (Å²) in [4.78, 5) is 25.0. The third-order valence-electron chi connectivity index (χ3n) is 6.04. The summed E-state index contributed by atoms with van der Waals surface area (Å²) in [7, 11) is 0. The maximum absolute atomic E-state index is 13.7. The minimum atomic E-state index is -4.74. The Hall–Kier alpha value is -4.95. The van der Waals surface area contributed by atoms with E-state index in [2.05, 4.69) is 25.4 Å². The number of halogens is 6. The number of nitrogens with zero attached hydrogens (tertiary/aromatic N) is 6. The molecule has 0 aliphatic carbocycles. The molecule has 3 N–H and O–H groups in total. The zero-order valence-corrected chi connectivity index (χ0v) is 20.4. The number of aromatic nitrogens is 6. The van der Waals surface area contributed by atoms with E-state index in [0.717, 1.165) is 29.0 Å². The lowest BCUT2D eigenvalue weighted by Gasteiger charge is -2.09. The van der Waals surface area contributed by atoms with Gasteiger partial charge in [0.15, 0.2) is 11.6 Å². The number of anilines is 2. The normalized spacial score (nSPS) is 12.2. The molecule has 0 saturated heterocycles. The van der Waals surface area contributed by atoms with Gasteiger partial charge in [0.1, 0.15) is 11.8 Å². The summed E-state index contributed by atoms with van der Waals surface area (Å²) in [6.07, 6.45) is -3.97. The number of alkyl halides is 6. The molecule has 1 amide bonds. The van der Waals surface area contributed by atoms with Crippen molar-refractivity contribution in [2.75, 3.05) is 11.1 Å². The smallest absolute Gasteiger partial charge is 0.382 e. The van der Waals surface area contributed by atoms with Crippen molar-refractivity contribution in [2.45, 2.75) is 25.8 Å². The molecule has 0 radical (unpaired) electrons. The third-order valence-corrected chi connectivity index (χ3v) is 6.04. The molecule has 0 aliphatic rings. The molecule has 0 bridgehead atoms. The van der Waals surface area contributed by atoms with Crippen LogP contribution in [0, 0.1) is 6.92 Å². The number of benzene rings is 1. The average molecular weight is 560 g/mol. The summed E-state index contributed by atoms with van der Waals surface area (Å²) >= 11 is 0. The lowest BCUT2D eigenvalue weighted by molar-refractivity contribution is -0.138. The minimum Gasteiger partial charge on any atom is -0.382 e. The summed E-state index contributed by atoms with van der Waals surface area (Å²) in [6.45, 7) is 1.75. The Kier molecular flexibility index (Phi) is 6.44. The molecule has 0 atom stereocenters. The van der Waals surface area contributed by atoms with Crippen molar-refractivity contribution in [2.24, 2.45) is 0 Å². The van der Waals surface area contributed by atoms with Crippen molar-refractivity contribution < 1.29 is 31.1 Å². The summed E-state index contributed by atoms with van der Waals surface area (Å²) in [5, 5.41) is 6.50. The fraction of sp³-hybridized carbons (Fsp3) is 0.160. The minimum absolute atomic E-state index is 0.00112. The van der Waals surface area contributed by atoms with Gasteiger partial charge in [-0.3, -0.25) is 9.78 Å². The van der Waals surface area contributed by atoms with E-state index < -0.39 is 34.9 Å². The van der Waals surface area contributed by atoms with Gasteiger partial charge in [-0.1, -0.05) is 12.1 Å². The van der Waals surface area contributed by atoms with E-state index >= 15 is 0 Å². The zero-order chi connectivity index (χ0) is 28.8. The van der Waals surface area contributed by atoms with Gasteiger partial charge < -0.3 is 15.6 Å². The largest absolute Gasteiger partial charge is 0.418 e. The number of amides is 1. The standard InChI is InChI=1S/C25H18F6N8O/c1-13-17(6-15(8-33-13)19-7-18(25(29,30)31)21-22(32)34-11-36-39(19)21)23(40)37-20-10-38(12-35-20)9-14-2-4-16(5-3-14)24(26,27)28/h2-8,10-12H,9H2,1H3,(H,37,40)(H2,32,34,36). The quantitative estimate of drug-likeness (QED) is 0.285. The lowest BCUT2D eigenvalue weighted by atomic mass is 10.1. The molecule has 9 nitrogen and oxygen atoms in total. The number of hydrogen-bond acceptors (Lipinski definition) is 6. The van der Waals surface area contributed by atoms with Crippen LogP contribution >= 0.6 is 0 Å². The number of aryl methyl sites for hydroxylation is 1. The molecule has 0 aliphatic heterocycles. The van der Waals surface area contributed by atoms with Gasteiger partial charge >= 0.3 is 12.4 Å². The summed E-state index contributed by atoms with van der Waals surface area (Å²) < 4.78 is 81.9. The lowest BCUT2D eigenvalue weighted by Crippen LogP contribution is -2.14. The first kappa shape index (κ1) is 26.6. The van der Waals surface area contributed by atoms with E-state index in [1.54, 1.807) is 11.5 Å². The number of carbonyl (C=O) groups excluding carboxylic acids is 1. The van der Waals surface area contributed by atoms with Crippen LogP contribution in [-0.4, -0.2) is 35.0 Å². The third kappa shape index (κ3) is 5.17. The van der Waals surface area contributed by atoms with E-state index in [0.29, 0.717) is 11.3 Å². The molecule has 15 heteroatoms. The molecular formula is C25H18F6N8O. The van der Waals surface area contributed by atoms with E-state index in [1.165, 1.54) is 36.9 Å². The first-order chi connectivity index (χ1) is 18.8. The zero-order valence-electron chi connectivity index (χ0n) is 20.4. The maximum atomic E-state index is 13.7. The molecule has 1 aromatic carbocycles. The van der Waals surface area contributed by atoms with Gasteiger partial charge in [-0.25, -0.2) is 14.5 Å². The van der Waals surface area contributed by atoms with Crippen LogP contribution in [0.2, 0.25) is 0 Å². The molecule has 5 rings (SSSR count). The highest BCUT2D eigenvalue weighted by Gasteiger charge is 2.36. The molecular weight excluding hydrogens is 542 g/mol. The maximum Gasteiger partial charge on any atom is 0.418 e. The molecule has 0 unspecified atom stereocenters. The predicted molar refractivity (Wildman–Crippen MR) is 131 cm³/mol. The fourth-order valence-electron chi connectivity index (χ4n) is 4.10. The van der Waals surface area contributed by atoms with Crippen molar-refractivity contribution in [3.05, 3.63) is 89.4 Å². The van der Waals surface area contributed by atoms with Crippen LogP contribution < -0.4 is 11.1 Å². The van der Waals surface area contributed by atoms with Crippen molar-refractivity contribution in [1.82, 2.24) is 29.1 Å². The number of pyridine rings is 1. The van der Waals surface area contributed by atoms with Crippen LogP contribution in [0.3, 0.4) is 0 Å². The highest BCUT2D eigenvalue weighted by Crippen LogP contribution is 2.38. The van der Waals surface area contributed by atoms with Crippen LogP contribution in [0.4, 0.5) is 38.0 Å². The van der Waals surface area contributed by atoms with Gasteiger partial charge in [0, 0.05) is 24.5 Å². The van der Waals surface area contributed by atoms with E-state index in [4.69, 9.17) is 5.73 Å². The second kappa shape index (κ2) is 9.66. The predicted octanol–water partition coefficient (Wildman–Crippen LogP) is 5.22. The molecule has 5 aromatic rings. The molecule has 206 valence electrons. The van der Waals surface area contributed by atoms with Crippen molar-refractivity contribution in [3.8, 4) is 11.3 Å². The monoisotopic (exact) mass is 560 g/mol. The van der Waals surface area contributed by atoms with Crippen LogP contribution in [-0.2, 0) is 18.9 Å². The molecule has 0 fully saturated rings. The van der Waals surface area contributed by atoms with E-state index in [9.17, 15) is 31.1 Å². The highest BCUT2D eigenvalue weighted by atomic mass is 19.4. The Labute approximate surface area is 221 Å². The molecule has 4 aromatic heterocycles. The van der Waals surface area contributed by atoms with Gasteiger partial charge in [0.05, 0.1) is 34.4 Å². The summed E-state index contributed by atoms with van der Waals surface area (Å²) in [6, 6.07) is 6.87. The number of carbonyl (C=O) groups is 1. The number of fused-ring (bicyclic) bond motifs is 1. The van der Waals surface area contributed by atoms with Crippen LogP contribution in [0.25, 0.3) is 16.8 Å². The van der Waals surface area contributed by atoms with Gasteiger partial charge in [-0.05, 0) is 36.8 Å². The summed E-state index contributed by atoms with van der Waals surface area (Å²) in [5.74, 6) is -0.842. The molecule has 0 spiro atoms. The number of nitrogens with one attached hydrogen (secondary N) is 1. The number of nitrogens with two attached hydrogens (primary N) is 1. The Balaban J connectivity index is 1.39. The van der Waals surface area contributed by atoms with Gasteiger partial charge in [-0.2, -0.15) is 31.4 Å². The molecule has 0 saturated carbocycles. The number of hydrogen-bond donors (Lipinski definition) is 2. The first-order valence-corrected chi connectivity index (χ1v) is 11.5.